The van der Waals surface area contributed by atoms with E-state index in [4.69, 9.17) is 0 Å². The molecule has 0 saturated carbocycles. The SMILES string of the molecule is CCn1nc(C)c2c1NC(C)CCN2. The molecule has 0 saturated heterocycles. The van der Waals surface area contributed by atoms with Crippen LogP contribution in [0, 0.1) is 6.92 Å². The summed E-state index contributed by atoms with van der Waals surface area (Å²) in [5.41, 5.74) is 2.26. The fourth-order valence-corrected chi connectivity index (χ4v) is 1.89. The Balaban J connectivity index is 2.41. The maximum atomic E-state index is 4.48. The van der Waals surface area contributed by atoms with Gasteiger partial charge in [0.05, 0.1) is 5.69 Å². The van der Waals surface area contributed by atoms with Gasteiger partial charge in [-0.1, -0.05) is 0 Å². The number of rotatable bonds is 1. The maximum absolute atomic E-state index is 4.48. The molecule has 14 heavy (non-hydrogen) atoms. The van der Waals surface area contributed by atoms with Crippen molar-refractivity contribution in [1.82, 2.24) is 9.78 Å². The van der Waals surface area contributed by atoms with Crippen LogP contribution in [0.15, 0.2) is 0 Å². The van der Waals surface area contributed by atoms with Crippen LogP contribution in [0.1, 0.15) is 26.0 Å². The monoisotopic (exact) mass is 194 g/mol. The molecule has 0 aromatic carbocycles. The van der Waals surface area contributed by atoms with E-state index in [1.54, 1.807) is 0 Å². The lowest BCUT2D eigenvalue weighted by Crippen LogP contribution is -2.17. The van der Waals surface area contributed by atoms with Gasteiger partial charge in [0.15, 0.2) is 0 Å². The summed E-state index contributed by atoms with van der Waals surface area (Å²) in [4.78, 5) is 0. The first-order valence-corrected chi connectivity index (χ1v) is 5.30. The van der Waals surface area contributed by atoms with Crippen molar-refractivity contribution < 1.29 is 0 Å². The lowest BCUT2D eigenvalue weighted by molar-refractivity contribution is 0.644. The molecule has 1 aromatic heterocycles. The molecular formula is C10H18N4. The van der Waals surface area contributed by atoms with Crippen LogP contribution in [0.25, 0.3) is 0 Å². The van der Waals surface area contributed by atoms with Crippen molar-refractivity contribution in [1.29, 1.82) is 0 Å². The molecule has 2 N–H and O–H groups in total. The van der Waals surface area contributed by atoms with Gasteiger partial charge in [0.1, 0.15) is 11.5 Å². The summed E-state index contributed by atoms with van der Waals surface area (Å²) in [7, 11) is 0. The molecule has 0 fully saturated rings. The summed E-state index contributed by atoms with van der Waals surface area (Å²) in [6.45, 7) is 8.31. The molecule has 0 spiro atoms. The predicted molar refractivity (Wildman–Crippen MR) is 58.8 cm³/mol. The summed E-state index contributed by atoms with van der Waals surface area (Å²) in [6.07, 6.45) is 1.15. The Bertz CT molecular complexity index is 329. The van der Waals surface area contributed by atoms with E-state index in [-0.39, 0.29) is 0 Å². The minimum atomic E-state index is 0.519. The van der Waals surface area contributed by atoms with Crippen LogP contribution in [-0.2, 0) is 6.54 Å². The molecule has 0 amide bonds. The molecular weight excluding hydrogens is 176 g/mol. The normalized spacial score (nSPS) is 20.6. The lowest BCUT2D eigenvalue weighted by atomic mass is 10.2. The first-order valence-electron chi connectivity index (χ1n) is 5.30. The summed E-state index contributed by atoms with van der Waals surface area (Å²) in [5, 5.41) is 11.4. The molecule has 2 heterocycles. The van der Waals surface area contributed by atoms with Gasteiger partial charge in [-0.05, 0) is 27.2 Å². The molecule has 2 rings (SSSR count). The quantitative estimate of drug-likeness (QED) is 0.716. The lowest BCUT2D eigenvalue weighted by Gasteiger charge is -2.12. The van der Waals surface area contributed by atoms with E-state index in [9.17, 15) is 0 Å². The second-order valence-electron chi connectivity index (χ2n) is 3.89. The molecule has 78 valence electrons. The minimum Gasteiger partial charge on any atom is -0.380 e. The van der Waals surface area contributed by atoms with Crippen LogP contribution >= 0.6 is 0 Å². The topological polar surface area (TPSA) is 41.9 Å². The second kappa shape index (κ2) is 3.52. The van der Waals surface area contributed by atoms with Gasteiger partial charge in [0, 0.05) is 19.1 Å². The Morgan fingerprint density at radius 3 is 3.07 bits per heavy atom. The minimum absolute atomic E-state index is 0.519. The Labute approximate surface area is 84.7 Å². The molecule has 0 aliphatic carbocycles. The van der Waals surface area contributed by atoms with E-state index in [0.717, 1.165) is 31.0 Å². The number of nitrogens with zero attached hydrogens (tertiary/aromatic N) is 2. The van der Waals surface area contributed by atoms with Gasteiger partial charge in [-0.3, -0.25) is 0 Å². The summed E-state index contributed by atoms with van der Waals surface area (Å²) in [6, 6.07) is 0.519. The first kappa shape index (κ1) is 9.37. The number of hydrogen-bond donors (Lipinski definition) is 2. The molecule has 4 nitrogen and oxygen atoms in total. The van der Waals surface area contributed by atoms with Crippen LogP contribution in [0.5, 0.6) is 0 Å². The van der Waals surface area contributed by atoms with Crippen LogP contribution < -0.4 is 10.6 Å². The molecule has 1 unspecified atom stereocenters. The van der Waals surface area contributed by atoms with E-state index < -0.39 is 0 Å². The van der Waals surface area contributed by atoms with E-state index >= 15 is 0 Å². The van der Waals surface area contributed by atoms with Crippen LogP contribution in [0.4, 0.5) is 11.5 Å². The van der Waals surface area contributed by atoms with E-state index in [1.165, 1.54) is 5.69 Å². The maximum Gasteiger partial charge on any atom is 0.148 e. The molecule has 4 heteroatoms. The fraction of sp³-hybridized carbons (Fsp3) is 0.700. The van der Waals surface area contributed by atoms with Crippen LogP contribution in [0.2, 0.25) is 0 Å². The molecule has 0 radical (unpaired) electrons. The van der Waals surface area contributed by atoms with Crippen LogP contribution in [-0.4, -0.2) is 22.4 Å². The van der Waals surface area contributed by atoms with E-state index in [1.807, 2.05) is 4.68 Å². The highest BCUT2D eigenvalue weighted by atomic mass is 15.4. The average Bonchev–Trinajstić information content (AvgIpc) is 2.36. The van der Waals surface area contributed by atoms with Gasteiger partial charge < -0.3 is 10.6 Å². The zero-order valence-electron chi connectivity index (χ0n) is 9.09. The van der Waals surface area contributed by atoms with Crippen molar-refractivity contribution in [3.8, 4) is 0 Å². The average molecular weight is 194 g/mol. The largest absolute Gasteiger partial charge is 0.380 e. The third-order valence-electron chi connectivity index (χ3n) is 2.69. The molecule has 1 aliphatic rings. The van der Waals surface area contributed by atoms with Crippen molar-refractivity contribution >= 4 is 11.5 Å². The highest BCUT2D eigenvalue weighted by Gasteiger charge is 2.18. The number of anilines is 2. The predicted octanol–water partition coefficient (Wildman–Crippen LogP) is 1.83. The number of nitrogens with one attached hydrogen (secondary N) is 2. The van der Waals surface area contributed by atoms with Crippen molar-refractivity contribution in [3.05, 3.63) is 5.69 Å². The van der Waals surface area contributed by atoms with E-state index in [0.29, 0.717) is 6.04 Å². The number of fused-ring (bicyclic) bond motifs is 1. The fourth-order valence-electron chi connectivity index (χ4n) is 1.89. The van der Waals surface area contributed by atoms with Crippen molar-refractivity contribution in [2.45, 2.75) is 39.8 Å². The third-order valence-corrected chi connectivity index (χ3v) is 2.69. The Kier molecular flexibility index (Phi) is 2.35. The van der Waals surface area contributed by atoms with Crippen molar-refractivity contribution in [2.24, 2.45) is 0 Å². The Hall–Kier alpha value is -1.19. The number of aryl methyl sites for hydroxylation is 2. The zero-order chi connectivity index (χ0) is 10.1. The van der Waals surface area contributed by atoms with Crippen molar-refractivity contribution in [2.75, 3.05) is 17.2 Å². The molecule has 1 aliphatic heterocycles. The first-order chi connectivity index (χ1) is 6.72. The third kappa shape index (κ3) is 1.45. The summed E-state index contributed by atoms with van der Waals surface area (Å²) in [5.74, 6) is 1.15. The van der Waals surface area contributed by atoms with Gasteiger partial charge in [-0.15, -0.1) is 0 Å². The van der Waals surface area contributed by atoms with Gasteiger partial charge in [-0.2, -0.15) is 5.10 Å². The Morgan fingerprint density at radius 2 is 2.36 bits per heavy atom. The Morgan fingerprint density at radius 1 is 1.57 bits per heavy atom. The standard InChI is InChI=1S/C10H18N4/c1-4-14-10-9(8(3)13-14)11-6-5-7(2)12-10/h7,11-12H,4-6H2,1-3H3. The zero-order valence-corrected chi connectivity index (χ0v) is 9.09. The van der Waals surface area contributed by atoms with Gasteiger partial charge >= 0.3 is 0 Å². The number of aromatic nitrogens is 2. The highest BCUT2D eigenvalue weighted by molar-refractivity contribution is 5.69. The number of hydrogen-bond acceptors (Lipinski definition) is 3. The summed E-state index contributed by atoms with van der Waals surface area (Å²) < 4.78 is 2.03. The van der Waals surface area contributed by atoms with Gasteiger partial charge in [-0.25, -0.2) is 4.68 Å². The van der Waals surface area contributed by atoms with E-state index in [2.05, 4.69) is 36.5 Å². The van der Waals surface area contributed by atoms with Gasteiger partial charge in [0.2, 0.25) is 0 Å². The molecule has 1 atom stereocenters. The molecule has 0 bridgehead atoms. The highest BCUT2D eigenvalue weighted by Crippen LogP contribution is 2.28. The van der Waals surface area contributed by atoms with Crippen molar-refractivity contribution in [3.63, 3.8) is 0 Å². The smallest absolute Gasteiger partial charge is 0.148 e. The van der Waals surface area contributed by atoms with Gasteiger partial charge in [0.25, 0.3) is 0 Å². The second-order valence-corrected chi connectivity index (χ2v) is 3.89. The summed E-state index contributed by atoms with van der Waals surface area (Å²) >= 11 is 0. The van der Waals surface area contributed by atoms with Crippen LogP contribution in [0.3, 0.4) is 0 Å². The molecule has 1 aromatic rings.